The maximum absolute atomic E-state index is 11.4. The van der Waals surface area contributed by atoms with Crippen LogP contribution >= 0.6 is 24.8 Å². The lowest BCUT2D eigenvalue weighted by molar-refractivity contribution is -0.123. The van der Waals surface area contributed by atoms with Crippen molar-refractivity contribution in [2.45, 2.75) is 19.4 Å². The smallest absolute Gasteiger partial charge is 0.222 e. The second-order valence-corrected chi connectivity index (χ2v) is 3.54. The molecule has 0 heterocycles. The van der Waals surface area contributed by atoms with Gasteiger partial charge in [0.1, 0.15) is 0 Å². The van der Waals surface area contributed by atoms with Crippen LogP contribution in [0.5, 0.6) is 0 Å². The molecule has 106 valence electrons. The summed E-state index contributed by atoms with van der Waals surface area (Å²) in [4.78, 5) is 13.5. The minimum Gasteiger partial charge on any atom is -0.380 e. The van der Waals surface area contributed by atoms with E-state index in [-0.39, 0.29) is 36.8 Å². The van der Waals surface area contributed by atoms with Crippen molar-refractivity contribution in [3.05, 3.63) is 0 Å². The third-order valence-electron chi connectivity index (χ3n) is 2.36. The maximum atomic E-state index is 11.4. The zero-order valence-electron chi connectivity index (χ0n) is 10.8. The van der Waals surface area contributed by atoms with Crippen molar-refractivity contribution in [2.75, 3.05) is 40.3 Å². The molecule has 0 fully saturated rings. The van der Waals surface area contributed by atoms with Gasteiger partial charge < -0.3 is 20.7 Å². The number of amides is 1. The van der Waals surface area contributed by atoms with Gasteiger partial charge in [0.15, 0.2) is 0 Å². The maximum Gasteiger partial charge on any atom is 0.222 e. The van der Waals surface area contributed by atoms with Gasteiger partial charge in [-0.3, -0.25) is 4.79 Å². The van der Waals surface area contributed by atoms with Gasteiger partial charge in [0.05, 0.1) is 12.5 Å². The second kappa shape index (κ2) is 14.0. The van der Waals surface area contributed by atoms with Gasteiger partial charge in [0, 0.05) is 26.7 Å². The first-order valence-corrected chi connectivity index (χ1v) is 5.32. The molecule has 0 aliphatic heterocycles. The fourth-order valence-corrected chi connectivity index (χ4v) is 1.09. The van der Waals surface area contributed by atoms with Crippen LogP contribution in [0.2, 0.25) is 0 Å². The summed E-state index contributed by atoms with van der Waals surface area (Å²) >= 11 is 0. The van der Waals surface area contributed by atoms with Gasteiger partial charge in [-0.15, -0.1) is 24.8 Å². The highest BCUT2D eigenvalue weighted by molar-refractivity contribution is 5.85. The summed E-state index contributed by atoms with van der Waals surface area (Å²) < 4.78 is 5.02. The van der Waals surface area contributed by atoms with Crippen molar-refractivity contribution < 1.29 is 9.53 Å². The fraction of sp³-hybridized carbons (Fsp3) is 0.900. The molecule has 0 bridgehead atoms. The van der Waals surface area contributed by atoms with Gasteiger partial charge in [0.25, 0.3) is 0 Å². The van der Waals surface area contributed by atoms with Gasteiger partial charge >= 0.3 is 0 Å². The van der Waals surface area contributed by atoms with Crippen molar-refractivity contribution in [3.63, 3.8) is 0 Å². The van der Waals surface area contributed by atoms with Crippen LogP contribution in [0.15, 0.2) is 0 Å². The van der Waals surface area contributed by atoms with E-state index in [4.69, 9.17) is 10.5 Å². The molecule has 0 saturated heterocycles. The van der Waals surface area contributed by atoms with Crippen molar-refractivity contribution in [1.82, 2.24) is 10.2 Å². The van der Waals surface area contributed by atoms with E-state index in [1.54, 1.807) is 7.11 Å². The SMILES string of the molecule is CCN(C)CCNC(=O)CC(CN)OC.Cl.Cl. The van der Waals surface area contributed by atoms with Crippen LogP contribution < -0.4 is 11.1 Å². The summed E-state index contributed by atoms with van der Waals surface area (Å²) in [5.74, 6) is -0.00296. The Morgan fingerprint density at radius 2 is 2.06 bits per heavy atom. The summed E-state index contributed by atoms with van der Waals surface area (Å²) in [6.45, 7) is 4.97. The molecule has 7 heteroatoms. The molecule has 1 unspecified atom stereocenters. The number of nitrogens with zero attached hydrogens (tertiary/aromatic N) is 1. The average Bonchev–Trinajstić information content (AvgIpc) is 2.25. The van der Waals surface area contributed by atoms with Crippen LogP contribution in [-0.4, -0.2) is 57.2 Å². The minimum atomic E-state index is -0.172. The fourth-order valence-electron chi connectivity index (χ4n) is 1.09. The first-order chi connectivity index (χ1) is 7.13. The molecule has 0 saturated carbocycles. The molecule has 0 spiro atoms. The van der Waals surface area contributed by atoms with E-state index < -0.39 is 0 Å². The lowest BCUT2D eigenvalue weighted by Gasteiger charge is -2.15. The number of carbonyl (C=O) groups is 1. The van der Waals surface area contributed by atoms with E-state index >= 15 is 0 Å². The Bertz CT molecular complexity index is 181. The third-order valence-corrected chi connectivity index (χ3v) is 2.36. The highest BCUT2D eigenvalue weighted by Crippen LogP contribution is 1.93. The molecule has 0 aliphatic rings. The Morgan fingerprint density at radius 3 is 2.47 bits per heavy atom. The Hall–Kier alpha value is -0.0700. The van der Waals surface area contributed by atoms with Gasteiger partial charge in [-0.05, 0) is 13.6 Å². The molecule has 3 N–H and O–H groups in total. The molecule has 1 amide bonds. The van der Waals surface area contributed by atoms with Crippen LogP contribution in [-0.2, 0) is 9.53 Å². The summed E-state index contributed by atoms with van der Waals surface area (Å²) in [6.07, 6.45) is 0.164. The van der Waals surface area contributed by atoms with E-state index in [0.29, 0.717) is 19.5 Å². The number of rotatable bonds is 8. The lowest BCUT2D eigenvalue weighted by Crippen LogP contribution is -2.36. The Balaban J connectivity index is -0.000000980. The van der Waals surface area contributed by atoms with Crippen molar-refractivity contribution in [1.29, 1.82) is 0 Å². The third kappa shape index (κ3) is 12.2. The van der Waals surface area contributed by atoms with Crippen LogP contribution in [0.4, 0.5) is 0 Å². The van der Waals surface area contributed by atoms with E-state index in [2.05, 4.69) is 17.1 Å². The first-order valence-electron chi connectivity index (χ1n) is 5.32. The van der Waals surface area contributed by atoms with E-state index in [9.17, 15) is 4.79 Å². The van der Waals surface area contributed by atoms with Gasteiger partial charge in [-0.25, -0.2) is 0 Å². The minimum absolute atomic E-state index is 0. The second-order valence-electron chi connectivity index (χ2n) is 3.54. The zero-order chi connectivity index (χ0) is 11.7. The summed E-state index contributed by atoms with van der Waals surface area (Å²) in [7, 11) is 3.58. The van der Waals surface area contributed by atoms with Crippen LogP contribution in [0.25, 0.3) is 0 Å². The molecule has 0 rings (SSSR count). The first kappa shape index (κ1) is 22.1. The number of methoxy groups -OCH3 is 1. The topological polar surface area (TPSA) is 67.6 Å². The quantitative estimate of drug-likeness (QED) is 0.673. The van der Waals surface area contributed by atoms with Crippen LogP contribution in [0.3, 0.4) is 0 Å². The Kier molecular flexibility index (Phi) is 18.2. The summed E-state index contributed by atoms with van der Waals surface area (Å²) in [6, 6.07) is 0. The Morgan fingerprint density at radius 1 is 1.47 bits per heavy atom. The number of hydrogen-bond donors (Lipinski definition) is 2. The molecule has 0 aromatic carbocycles. The molecule has 0 aliphatic carbocycles. The molecule has 1 atom stereocenters. The van der Waals surface area contributed by atoms with Crippen LogP contribution in [0.1, 0.15) is 13.3 Å². The Labute approximate surface area is 116 Å². The monoisotopic (exact) mass is 289 g/mol. The number of hydrogen-bond acceptors (Lipinski definition) is 4. The van der Waals surface area contributed by atoms with Gasteiger partial charge in [-0.2, -0.15) is 0 Å². The van der Waals surface area contributed by atoms with Gasteiger partial charge in [-0.1, -0.05) is 6.92 Å². The number of carbonyl (C=O) groups excluding carboxylic acids is 1. The molecule has 0 radical (unpaired) electrons. The van der Waals surface area contributed by atoms with E-state index in [1.807, 2.05) is 7.05 Å². The van der Waals surface area contributed by atoms with Crippen molar-refractivity contribution in [3.8, 4) is 0 Å². The molecule has 17 heavy (non-hydrogen) atoms. The molecular weight excluding hydrogens is 265 g/mol. The predicted molar refractivity (Wildman–Crippen MR) is 75.1 cm³/mol. The highest BCUT2D eigenvalue weighted by Gasteiger charge is 2.10. The van der Waals surface area contributed by atoms with E-state index in [0.717, 1.165) is 13.1 Å². The van der Waals surface area contributed by atoms with Gasteiger partial charge in [0.2, 0.25) is 5.91 Å². The van der Waals surface area contributed by atoms with Crippen LogP contribution in [0, 0.1) is 0 Å². The average molecular weight is 290 g/mol. The number of halogens is 2. The summed E-state index contributed by atoms with van der Waals surface area (Å²) in [5, 5.41) is 2.83. The van der Waals surface area contributed by atoms with Crippen molar-refractivity contribution in [2.24, 2.45) is 5.73 Å². The number of nitrogens with two attached hydrogens (primary N) is 1. The molecule has 0 aromatic rings. The summed E-state index contributed by atoms with van der Waals surface area (Å²) in [5.41, 5.74) is 5.42. The number of likely N-dealkylation sites (N-methyl/N-ethyl adjacent to an activating group) is 1. The highest BCUT2D eigenvalue weighted by atomic mass is 35.5. The lowest BCUT2D eigenvalue weighted by atomic mass is 10.2. The van der Waals surface area contributed by atoms with E-state index in [1.165, 1.54) is 0 Å². The largest absolute Gasteiger partial charge is 0.380 e. The zero-order valence-corrected chi connectivity index (χ0v) is 12.4. The predicted octanol–water partition coefficient (Wildman–Crippen LogP) is 0.262. The number of ether oxygens (including phenoxy) is 1. The van der Waals surface area contributed by atoms with Crippen molar-refractivity contribution >= 4 is 30.7 Å². The standard InChI is InChI=1S/C10H23N3O2.2ClH/c1-4-13(2)6-5-12-10(14)7-9(8-11)15-3;;/h9H,4-8,11H2,1-3H3,(H,12,14);2*1H. The number of nitrogens with one attached hydrogen (secondary N) is 1. The molecule has 5 nitrogen and oxygen atoms in total. The molecular formula is C10H25Cl2N3O2. The molecule has 0 aromatic heterocycles. The normalized spacial score (nSPS) is 11.4.